The molecule has 0 atom stereocenters. The molecule has 2 N–H and O–H groups in total. The van der Waals surface area contributed by atoms with Gasteiger partial charge in [-0.05, 0) is 30.3 Å². The number of aromatic nitrogens is 2. The normalized spacial score (nSPS) is 11.6. The van der Waals surface area contributed by atoms with E-state index in [1.807, 2.05) is 0 Å². The number of hydrogen-bond acceptors (Lipinski definition) is 5. The first kappa shape index (κ1) is 23.6. The van der Waals surface area contributed by atoms with Crippen LogP contribution in [-0.4, -0.2) is 19.7 Å². The molecule has 0 amide bonds. The summed E-state index contributed by atoms with van der Waals surface area (Å²) in [7, 11) is 1.43. The Labute approximate surface area is 196 Å². The minimum Gasteiger partial charge on any atom is -0.618 e. The van der Waals surface area contributed by atoms with Gasteiger partial charge in [-0.15, -0.1) is 0 Å². The number of aromatic hydroxyl groups is 2. The number of halogens is 3. The van der Waals surface area contributed by atoms with E-state index in [0.29, 0.717) is 4.73 Å². The predicted octanol–water partition coefficient (Wildman–Crippen LogP) is 5.31. The summed E-state index contributed by atoms with van der Waals surface area (Å²) in [6.45, 7) is 1.28. The molecule has 4 aromatic rings. The Balaban J connectivity index is 2.05. The third kappa shape index (κ3) is 4.01. The van der Waals surface area contributed by atoms with Gasteiger partial charge in [-0.2, -0.15) is 17.9 Å². The summed E-state index contributed by atoms with van der Waals surface area (Å²) >= 11 is 0. The van der Waals surface area contributed by atoms with Gasteiger partial charge in [0.1, 0.15) is 0 Å². The van der Waals surface area contributed by atoms with Crippen LogP contribution in [0.3, 0.4) is 0 Å². The lowest BCUT2D eigenvalue weighted by Gasteiger charge is -2.19. The molecule has 0 aliphatic rings. The van der Waals surface area contributed by atoms with Crippen LogP contribution >= 0.6 is 0 Å². The van der Waals surface area contributed by atoms with E-state index in [2.05, 4.69) is 0 Å². The van der Waals surface area contributed by atoms with E-state index >= 15 is 0 Å². The Morgan fingerprint density at radius 1 is 0.971 bits per heavy atom. The second kappa shape index (κ2) is 8.35. The minimum absolute atomic E-state index is 0.0194. The first-order valence-electron chi connectivity index (χ1n) is 10.2. The molecule has 35 heavy (non-hydrogen) atoms. The Bertz CT molecular complexity index is 1460. The van der Waals surface area contributed by atoms with Crippen LogP contribution in [0.2, 0.25) is 0 Å². The molecule has 0 saturated heterocycles. The lowest BCUT2D eigenvalue weighted by atomic mass is 9.96. The number of phenols is 2. The highest BCUT2D eigenvalue weighted by atomic mass is 19.4. The molecule has 0 aliphatic carbocycles. The number of rotatable bonds is 4. The van der Waals surface area contributed by atoms with E-state index in [1.54, 1.807) is 18.2 Å². The number of nitro benzene ring substituents is 1. The van der Waals surface area contributed by atoms with Crippen LogP contribution in [0.15, 0.2) is 60.7 Å². The van der Waals surface area contributed by atoms with Crippen molar-refractivity contribution in [2.75, 3.05) is 0 Å². The molecule has 11 heteroatoms. The number of aryl methyl sites for hydroxylation is 1. The summed E-state index contributed by atoms with van der Waals surface area (Å²) in [5.74, 6) is -1.68. The molecule has 0 unspecified atom stereocenters. The van der Waals surface area contributed by atoms with Gasteiger partial charge < -0.3 is 20.0 Å². The predicted molar refractivity (Wildman–Crippen MR) is 120 cm³/mol. The monoisotopic (exact) mass is 485 g/mol. The van der Waals surface area contributed by atoms with Crippen molar-refractivity contribution >= 4 is 5.69 Å². The molecule has 0 bridgehead atoms. The third-order valence-electron chi connectivity index (χ3n) is 5.68. The van der Waals surface area contributed by atoms with Crippen molar-refractivity contribution in [1.29, 1.82) is 0 Å². The van der Waals surface area contributed by atoms with Crippen LogP contribution in [0.25, 0.3) is 33.8 Å². The zero-order valence-electron chi connectivity index (χ0n) is 18.4. The summed E-state index contributed by atoms with van der Waals surface area (Å²) in [5.41, 5.74) is -1.92. The SMILES string of the molecule is Cc1cc(C(F)(F)F)c(-c2ccc(-c3cc(O)c(O)c([N+](=O)[O-])c3)n2C)c(-c2ccccc2)[n+]1[O-]. The molecule has 2 aromatic heterocycles. The maximum Gasteiger partial charge on any atom is 0.417 e. The molecule has 4 rings (SSSR count). The van der Waals surface area contributed by atoms with E-state index in [9.17, 15) is 38.7 Å². The number of nitrogens with zero attached hydrogens (tertiary/aromatic N) is 3. The van der Waals surface area contributed by atoms with E-state index in [1.165, 1.54) is 42.8 Å². The molecule has 2 heterocycles. The van der Waals surface area contributed by atoms with Crippen molar-refractivity contribution in [3.05, 3.63) is 87.2 Å². The van der Waals surface area contributed by atoms with Crippen molar-refractivity contribution in [2.24, 2.45) is 7.05 Å². The van der Waals surface area contributed by atoms with Gasteiger partial charge in [0.15, 0.2) is 11.4 Å². The largest absolute Gasteiger partial charge is 0.618 e. The highest BCUT2D eigenvalue weighted by molar-refractivity contribution is 5.83. The summed E-state index contributed by atoms with van der Waals surface area (Å²) in [6.07, 6.45) is -4.79. The van der Waals surface area contributed by atoms with Gasteiger partial charge in [0, 0.05) is 42.9 Å². The summed E-state index contributed by atoms with van der Waals surface area (Å²) in [4.78, 5) is 10.4. The number of phenolic OH excluding ortho intramolecular Hbond substituents is 2. The zero-order valence-corrected chi connectivity index (χ0v) is 18.4. The van der Waals surface area contributed by atoms with Gasteiger partial charge in [-0.3, -0.25) is 10.1 Å². The first-order chi connectivity index (χ1) is 16.4. The number of nitro groups is 1. The lowest BCUT2D eigenvalue weighted by molar-refractivity contribution is -0.600. The maximum absolute atomic E-state index is 14.2. The molecule has 0 fully saturated rings. The number of hydrogen-bond donors (Lipinski definition) is 2. The van der Waals surface area contributed by atoms with Crippen LogP contribution in [0, 0.1) is 22.2 Å². The van der Waals surface area contributed by atoms with E-state index in [0.717, 1.165) is 18.2 Å². The quantitative estimate of drug-likeness (QED) is 0.134. The molecule has 8 nitrogen and oxygen atoms in total. The third-order valence-corrected chi connectivity index (χ3v) is 5.68. The van der Waals surface area contributed by atoms with Crippen molar-refractivity contribution in [3.63, 3.8) is 0 Å². The fourth-order valence-electron chi connectivity index (χ4n) is 4.03. The van der Waals surface area contributed by atoms with Gasteiger partial charge in [0.2, 0.25) is 11.4 Å². The zero-order chi connectivity index (χ0) is 25.7. The van der Waals surface area contributed by atoms with Crippen LogP contribution in [0.5, 0.6) is 11.5 Å². The second-order valence-corrected chi connectivity index (χ2v) is 7.86. The Morgan fingerprint density at radius 3 is 2.20 bits per heavy atom. The molecular weight excluding hydrogens is 467 g/mol. The smallest absolute Gasteiger partial charge is 0.417 e. The van der Waals surface area contributed by atoms with Crippen molar-refractivity contribution in [3.8, 4) is 45.3 Å². The average Bonchev–Trinajstić information content (AvgIpc) is 3.17. The van der Waals surface area contributed by atoms with Crippen LogP contribution in [0.4, 0.5) is 18.9 Å². The minimum atomic E-state index is -4.79. The molecular formula is C24H18F3N3O5. The van der Waals surface area contributed by atoms with Gasteiger partial charge in [0.25, 0.3) is 0 Å². The second-order valence-electron chi connectivity index (χ2n) is 7.86. The van der Waals surface area contributed by atoms with E-state index in [-0.39, 0.29) is 39.5 Å². The van der Waals surface area contributed by atoms with Crippen LogP contribution < -0.4 is 4.73 Å². The van der Waals surface area contributed by atoms with E-state index in [4.69, 9.17) is 0 Å². The molecule has 0 radical (unpaired) electrons. The fraction of sp³-hybridized carbons (Fsp3) is 0.125. The highest BCUT2D eigenvalue weighted by Crippen LogP contribution is 2.44. The number of benzene rings is 2. The van der Waals surface area contributed by atoms with Gasteiger partial charge in [-0.25, -0.2) is 0 Å². The number of alkyl halides is 3. The highest BCUT2D eigenvalue weighted by Gasteiger charge is 2.40. The van der Waals surface area contributed by atoms with Crippen molar-refractivity contribution in [2.45, 2.75) is 13.1 Å². The summed E-state index contributed by atoms with van der Waals surface area (Å²) in [6, 6.07) is 13.5. The molecule has 0 aliphatic heterocycles. The topological polar surface area (TPSA) is 115 Å². The summed E-state index contributed by atoms with van der Waals surface area (Å²) in [5, 5.41) is 44.0. The van der Waals surface area contributed by atoms with Gasteiger partial charge in [-0.1, -0.05) is 18.2 Å². The Hall–Kier alpha value is -4.54. The Morgan fingerprint density at radius 2 is 1.60 bits per heavy atom. The fourth-order valence-corrected chi connectivity index (χ4v) is 4.03. The van der Waals surface area contributed by atoms with Crippen LogP contribution in [0.1, 0.15) is 11.3 Å². The lowest BCUT2D eigenvalue weighted by Crippen LogP contribution is -2.35. The summed E-state index contributed by atoms with van der Waals surface area (Å²) < 4.78 is 44.3. The van der Waals surface area contributed by atoms with E-state index < -0.39 is 33.8 Å². The molecule has 2 aromatic carbocycles. The van der Waals surface area contributed by atoms with Gasteiger partial charge >= 0.3 is 11.9 Å². The molecule has 0 spiro atoms. The van der Waals surface area contributed by atoms with Crippen molar-refractivity contribution in [1.82, 2.24) is 4.57 Å². The standard InChI is InChI=1S/C24H18F3N3O5/c1-13-10-16(24(25,26)27)21(22(29(13)33)14-6-4-3-5-7-14)18-9-8-17(28(18)2)15-11-19(30(34)35)23(32)20(31)12-15/h3-12,31-32H,1-2H3. The average molecular weight is 485 g/mol. The molecule has 0 saturated carbocycles. The number of pyridine rings is 1. The molecule has 180 valence electrons. The van der Waals surface area contributed by atoms with Crippen LogP contribution in [-0.2, 0) is 13.2 Å². The Kier molecular flexibility index (Phi) is 5.63. The first-order valence-corrected chi connectivity index (χ1v) is 10.2. The maximum atomic E-state index is 14.2. The van der Waals surface area contributed by atoms with Crippen molar-refractivity contribution < 1.29 is 33.0 Å². The van der Waals surface area contributed by atoms with Gasteiger partial charge in [0.05, 0.1) is 21.7 Å².